The first-order valence-corrected chi connectivity index (χ1v) is 12.6. The lowest BCUT2D eigenvalue weighted by Crippen LogP contribution is -2.51. The first-order valence-electron chi connectivity index (χ1n) is 12.6. The van der Waals surface area contributed by atoms with E-state index in [1.807, 2.05) is 35.2 Å². The molecule has 1 fully saturated rings. The minimum Gasteiger partial charge on any atom is -0.497 e. The number of nitrogens with zero attached hydrogens (tertiary/aromatic N) is 2. The molecule has 0 N–H and O–H groups in total. The van der Waals surface area contributed by atoms with E-state index in [1.165, 1.54) is 5.56 Å². The third-order valence-electron chi connectivity index (χ3n) is 7.13. The van der Waals surface area contributed by atoms with Crippen molar-refractivity contribution in [2.24, 2.45) is 0 Å². The van der Waals surface area contributed by atoms with Crippen molar-refractivity contribution in [2.45, 2.75) is 50.8 Å². The maximum absolute atomic E-state index is 13.7. The SMILES string of the molecule is COc1cccc(CN2CCCC[C@@H]3[C@H](OC)CCCN3C(=O)c3ccc(OC)cc3OCC2)c1. The second-order valence-corrected chi connectivity index (χ2v) is 9.32. The number of amides is 1. The third kappa shape index (κ3) is 6.27. The average Bonchev–Trinajstić information content (AvgIpc) is 2.90. The van der Waals surface area contributed by atoms with Crippen molar-refractivity contribution >= 4 is 5.91 Å². The summed E-state index contributed by atoms with van der Waals surface area (Å²) in [6.45, 7) is 3.78. The van der Waals surface area contributed by atoms with Crippen molar-refractivity contribution < 1.29 is 23.7 Å². The topological polar surface area (TPSA) is 60.5 Å². The Balaban J connectivity index is 1.59. The van der Waals surface area contributed by atoms with Gasteiger partial charge < -0.3 is 23.8 Å². The summed E-state index contributed by atoms with van der Waals surface area (Å²) in [6.07, 6.45) is 5.02. The van der Waals surface area contributed by atoms with Crippen LogP contribution >= 0.6 is 0 Å². The molecular formula is C28H38N2O5. The summed E-state index contributed by atoms with van der Waals surface area (Å²) >= 11 is 0. The fraction of sp³-hybridized carbons (Fsp3) is 0.536. The zero-order chi connectivity index (χ0) is 24.6. The normalized spacial score (nSPS) is 22.0. The summed E-state index contributed by atoms with van der Waals surface area (Å²) < 4.78 is 22.9. The van der Waals surface area contributed by atoms with Gasteiger partial charge in [-0.1, -0.05) is 18.6 Å². The molecule has 0 unspecified atom stereocenters. The van der Waals surface area contributed by atoms with Crippen LogP contribution in [0.15, 0.2) is 42.5 Å². The average molecular weight is 483 g/mol. The van der Waals surface area contributed by atoms with Crippen LogP contribution in [-0.2, 0) is 11.3 Å². The quantitative estimate of drug-likeness (QED) is 0.630. The number of methoxy groups -OCH3 is 3. The minimum absolute atomic E-state index is 0.0156. The minimum atomic E-state index is 0.0156. The first kappa shape index (κ1) is 25.3. The molecule has 7 nitrogen and oxygen atoms in total. The van der Waals surface area contributed by atoms with Gasteiger partial charge in [-0.05, 0) is 62.1 Å². The molecule has 35 heavy (non-hydrogen) atoms. The molecule has 0 spiro atoms. The van der Waals surface area contributed by atoms with Crippen molar-refractivity contribution in [2.75, 3.05) is 47.6 Å². The van der Waals surface area contributed by atoms with E-state index in [0.717, 1.165) is 64.0 Å². The summed E-state index contributed by atoms with van der Waals surface area (Å²) in [5.41, 5.74) is 1.80. The predicted octanol–water partition coefficient (Wildman–Crippen LogP) is 4.39. The van der Waals surface area contributed by atoms with E-state index in [0.29, 0.717) is 23.7 Å². The van der Waals surface area contributed by atoms with Gasteiger partial charge in [0.1, 0.15) is 23.9 Å². The monoisotopic (exact) mass is 482 g/mol. The Morgan fingerprint density at radius 3 is 2.54 bits per heavy atom. The van der Waals surface area contributed by atoms with E-state index < -0.39 is 0 Å². The van der Waals surface area contributed by atoms with Crippen LogP contribution < -0.4 is 14.2 Å². The lowest BCUT2D eigenvalue weighted by Gasteiger charge is -2.41. The van der Waals surface area contributed by atoms with Gasteiger partial charge in [0.15, 0.2) is 0 Å². The summed E-state index contributed by atoms with van der Waals surface area (Å²) in [6, 6.07) is 13.8. The number of fused-ring (bicyclic) bond motifs is 2. The van der Waals surface area contributed by atoms with E-state index in [2.05, 4.69) is 17.0 Å². The van der Waals surface area contributed by atoms with Gasteiger partial charge in [0, 0.05) is 32.8 Å². The third-order valence-corrected chi connectivity index (χ3v) is 7.13. The van der Waals surface area contributed by atoms with Crippen LogP contribution in [0.2, 0.25) is 0 Å². The Hall–Kier alpha value is -2.77. The molecule has 190 valence electrons. The Labute approximate surface area is 208 Å². The number of hydrogen-bond acceptors (Lipinski definition) is 6. The Bertz CT molecular complexity index is 982. The Morgan fingerprint density at radius 2 is 1.74 bits per heavy atom. The fourth-order valence-corrected chi connectivity index (χ4v) is 5.24. The molecule has 0 radical (unpaired) electrons. The number of rotatable bonds is 5. The first-order chi connectivity index (χ1) is 17.1. The zero-order valence-electron chi connectivity index (χ0n) is 21.2. The van der Waals surface area contributed by atoms with Gasteiger partial charge in [-0.25, -0.2) is 0 Å². The van der Waals surface area contributed by atoms with Gasteiger partial charge in [0.25, 0.3) is 5.91 Å². The zero-order valence-corrected chi connectivity index (χ0v) is 21.2. The molecule has 2 aromatic carbocycles. The number of benzene rings is 2. The standard InChI is InChI=1S/C28H38N2O5/c1-32-22-9-6-8-21(18-22)20-29-14-5-4-10-25-26(34-3)11-7-15-30(25)28(31)24-13-12-23(33-2)19-27(24)35-17-16-29/h6,8-9,12-13,18-19,25-26H,4-5,7,10-11,14-17,20H2,1-3H3/t25-,26-/m1/s1. The molecule has 2 aliphatic heterocycles. The van der Waals surface area contributed by atoms with Crippen LogP contribution in [-0.4, -0.2) is 75.4 Å². The molecule has 0 bridgehead atoms. The number of hydrogen-bond donors (Lipinski definition) is 0. The predicted molar refractivity (Wildman–Crippen MR) is 135 cm³/mol. The van der Waals surface area contributed by atoms with Crippen LogP contribution in [0.5, 0.6) is 17.2 Å². The second kappa shape index (κ2) is 12.3. The molecule has 0 saturated carbocycles. The van der Waals surface area contributed by atoms with Crippen LogP contribution in [0.25, 0.3) is 0 Å². The molecule has 1 amide bonds. The van der Waals surface area contributed by atoms with Gasteiger partial charge >= 0.3 is 0 Å². The number of piperidine rings is 1. The second-order valence-electron chi connectivity index (χ2n) is 9.32. The van der Waals surface area contributed by atoms with Gasteiger partial charge in [0.05, 0.1) is 31.9 Å². The molecule has 7 heteroatoms. The van der Waals surface area contributed by atoms with Crippen LogP contribution in [0, 0.1) is 0 Å². The van der Waals surface area contributed by atoms with Crippen molar-refractivity contribution in [1.29, 1.82) is 0 Å². The molecule has 0 aromatic heterocycles. The van der Waals surface area contributed by atoms with Gasteiger partial charge in [-0.2, -0.15) is 0 Å². The van der Waals surface area contributed by atoms with E-state index in [-0.39, 0.29) is 18.1 Å². The van der Waals surface area contributed by atoms with Crippen LogP contribution in [0.3, 0.4) is 0 Å². The summed E-state index contributed by atoms with van der Waals surface area (Å²) in [5, 5.41) is 0. The van der Waals surface area contributed by atoms with Crippen molar-refractivity contribution in [3.8, 4) is 17.2 Å². The number of carbonyl (C=O) groups is 1. The number of carbonyl (C=O) groups excluding carboxylic acids is 1. The maximum Gasteiger partial charge on any atom is 0.257 e. The summed E-state index contributed by atoms with van der Waals surface area (Å²) in [5.74, 6) is 2.14. The molecule has 2 aliphatic rings. The summed E-state index contributed by atoms with van der Waals surface area (Å²) in [4.78, 5) is 18.2. The highest BCUT2D eigenvalue weighted by Gasteiger charge is 2.35. The molecule has 4 rings (SSSR count). The highest BCUT2D eigenvalue weighted by molar-refractivity contribution is 5.97. The van der Waals surface area contributed by atoms with E-state index in [9.17, 15) is 4.79 Å². The highest BCUT2D eigenvalue weighted by atomic mass is 16.5. The lowest BCUT2D eigenvalue weighted by atomic mass is 9.93. The largest absolute Gasteiger partial charge is 0.497 e. The van der Waals surface area contributed by atoms with Gasteiger partial charge in [-0.3, -0.25) is 9.69 Å². The van der Waals surface area contributed by atoms with E-state index in [4.69, 9.17) is 18.9 Å². The summed E-state index contributed by atoms with van der Waals surface area (Å²) in [7, 11) is 5.08. The molecule has 2 aromatic rings. The van der Waals surface area contributed by atoms with Crippen molar-refractivity contribution in [3.05, 3.63) is 53.6 Å². The van der Waals surface area contributed by atoms with Crippen molar-refractivity contribution in [3.63, 3.8) is 0 Å². The number of ether oxygens (including phenoxy) is 4. The van der Waals surface area contributed by atoms with Crippen LogP contribution in [0.1, 0.15) is 48.0 Å². The highest BCUT2D eigenvalue weighted by Crippen LogP contribution is 2.31. The van der Waals surface area contributed by atoms with E-state index >= 15 is 0 Å². The molecule has 2 atom stereocenters. The van der Waals surface area contributed by atoms with Gasteiger partial charge in [0.2, 0.25) is 0 Å². The Morgan fingerprint density at radius 1 is 0.914 bits per heavy atom. The van der Waals surface area contributed by atoms with E-state index in [1.54, 1.807) is 21.3 Å². The smallest absolute Gasteiger partial charge is 0.257 e. The fourth-order valence-electron chi connectivity index (χ4n) is 5.24. The van der Waals surface area contributed by atoms with Crippen LogP contribution in [0.4, 0.5) is 0 Å². The molecular weight excluding hydrogens is 444 g/mol. The Kier molecular flexibility index (Phi) is 8.88. The van der Waals surface area contributed by atoms with Gasteiger partial charge in [-0.15, -0.1) is 0 Å². The maximum atomic E-state index is 13.7. The molecule has 0 aliphatic carbocycles. The molecule has 1 saturated heterocycles. The molecule has 2 heterocycles. The van der Waals surface area contributed by atoms with Crippen molar-refractivity contribution in [1.82, 2.24) is 9.80 Å². The lowest BCUT2D eigenvalue weighted by molar-refractivity contribution is -0.0155.